The van der Waals surface area contributed by atoms with Crippen LogP contribution in [0.4, 0.5) is 0 Å². The number of carbonyl (C=O) groups excluding carboxylic acids is 1. The summed E-state index contributed by atoms with van der Waals surface area (Å²) in [5, 5.41) is 3.02. The highest BCUT2D eigenvalue weighted by molar-refractivity contribution is 5.75. The predicted octanol–water partition coefficient (Wildman–Crippen LogP) is 3.76. The van der Waals surface area contributed by atoms with Crippen LogP contribution >= 0.6 is 0 Å². The summed E-state index contributed by atoms with van der Waals surface area (Å²) < 4.78 is 5.41. The molecule has 0 radical (unpaired) electrons. The van der Waals surface area contributed by atoms with Gasteiger partial charge in [0.15, 0.2) is 0 Å². The molecular formula is C25H33N3O2. The van der Waals surface area contributed by atoms with Crippen molar-refractivity contribution in [3.63, 3.8) is 0 Å². The summed E-state index contributed by atoms with van der Waals surface area (Å²) in [5.74, 6) is 1.79. The number of hydrogen-bond acceptors (Lipinski definition) is 4. The molecule has 30 heavy (non-hydrogen) atoms. The summed E-state index contributed by atoms with van der Waals surface area (Å²) >= 11 is 0. The molecule has 2 heterocycles. The number of carbonyl (C=O) groups is 1. The number of nitrogens with one attached hydrogen (secondary N) is 1. The number of nitrogens with zero attached hydrogens (tertiary/aromatic N) is 2. The van der Waals surface area contributed by atoms with Gasteiger partial charge in [-0.05, 0) is 92.4 Å². The Kier molecular flexibility index (Phi) is 7.00. The van der Waals surface area contributed by atoms with Crippen LogP contribution in [0.25, 0.3) is 0 Å². The third-order valence-electron chi connectivity index (χ3n) is 6.77. The third kappa shape index (κ3) is 5.39. The molecule has 1 aromatic carbocycles. The van der Waals surface area contributed by atoms with Crippen molar-refractivity contribution in [3.8, 4) is 5.75 Å². The smallest absolute Gasteiger partial charge is 0.220 e. The van der Waals surface area contributed by atoms with Gasteiger partial charge in [0.1, 0.15) is 5.75 Å². The molecule has 1 unspecified atom stereocenters. The molecule has 5 heteroatoms. The van der Waals surface area contributed by atoms with Crippen LogP contribution in [0.2, 0.25) is 0 Å². The normalized spacial score (nSPS) is 19.8. The van der Waals surface area contributed by atoms with Crippen LogP contribution in [0.1, 0.15) is 48.8 Å². The minimum atomic E-state index is 0.152. The molecule has 1 fully saturated rings. The van der Waals surface area contributed by atoms with Gasteiger partial charge in [-0.25, -0.2) is 0 Å². The molecule has 2 aliphatic rings. The highest BCUT2D eigenvalue weighted by Gasteiger charge is 2.28. The number of pyridine rings is 1. The van der Waals surface area contributed by atoms with Crippen molar-refractivity contribution in [1.82, 2.24) is 15.2 Å². The topological polar surface area (TPSA) is 54.5 Å². The van der Waals surface area contributed by atoms with Crippen LogP contribution in [0.15, 0.2) is 42.7 Å². The molecule has 0 spiro atoms. The van der Waals surface area contributed by atoms with Crippen molar-refractivity contribution in [1.29, 1.82) is 0 Å². The first-order chi connectivity index (χ1) is 14.7. The van der Waals surface area contributed by atoms with Gasteiger partial charge in [0.2, 0.25) is 5.91 Å². The fourth-order valence-electron chi connectivity index (χ4n) is 4.89. The van der Waals surface area contributed by atoms with Gasteiger partial charge < -0.3 is 15.0 Å². The van der Waals surface area contributed by atoms with Gasteiger partial charge >= 0.3 is 0 Å². The summed E-state index contributed by atoms with van der Waals surface area (Å²) in [6, 6.07) is 11.1. The van der Waals surface area contributed by atoms with E-state index >= 15 is 0 Å². The molecular weight excluding hydrogens is 374 g/mol. The van der Waals surface area contributed by atoms with Crippen LogP contribution in [0.3, 0.4) is 0 Å². The zero-order chi connectivity index (χ0) is 20.8. The fraction of sp³-hybridized carbons (Fsp3) is 0.520. The number of piperidine rings is 1. The van der Waals surface area contributed by atoms with Gasteiger partial charge in [-0.3, -0.25) is 9.78 Å². The fourth-order valence-corrected chi connectivity index (χ4v) is 4.89. The number of ether oxygens (including phenoxy) is 1. The number of benzene rings is 1. The highest BCUT2D eigenvalue weighted by atomic mass is 16.5. The first-order valence-electron chi connectivity index (χ1n) is 11.3. The average molecular weight is 408 g/mol. The van der Waals surface area contributed by atoms with E-state index in [0.717, 1.165) is 37.2 Å². The lowest BCUT2D eigenvalue weighted by molar-refractivity contribution is -0.121. The van der Waals surface area contributed by atoms with Crippen molar-refractivity contribution in [3.05, 3.63) is 59.4 Å². The van der Waals surface area contributed by atoms with Gasteiger partial charge in [0.25, 0.3) is 0 Å². The van der Waals surface area contributed by atoms with E-state index in [0.29, 0.717) is 24.9 Å². The SMILES string of the molecule is COc1ccc2c(c1)CC(N1CCC(CCC(=O)NCc3cccnc3)CC1)CC2. The lowest BCUT2D eigenvalue weighted by atomic mass is 9.85. The van der Waals surface area contributed by atoms with Crippen molar-refractivity contribution >= 4 is 5.91 Å². The van der Waals surface area contributed by atoms with E-state index in [1.165, 1.54) is 36.8 Å². The van der Waals surface area contributed by atoms with E-state index in [-0.39, 0.29) is 5.91 Å². The van der Waals surface area contributed by atoms with Gasteiger partial charge in [-0.1, -0.05) is 12.1 Å². The van der Waals surface area contributed by atoms with Crippen LogP contribution in [0.5, 0.6) is 5.75 Å². The summed E-state index contributed by atoms with van der Waals surface area (Å²) in [4.78, 5) is 19.0. The second-order valence-electron chi connectivity index (χ2n) is 8.69. The second kappa shape index (κ2) is 10.1. The number of aryl methyl sites for hydroxylation is 1. The standard InChI is InChI=1S/C25H33N3O2/c1-30-24-8-6-21-5-7-23(15-22(21)16-24)28-13-10-19(11-14-28)4-9-25(29)27-18-20-3-2-12-26-17-20/h2-3,6,8,12,16-17,19,23H,4-5,7,9-11,13-15,18H2,1H3,(H,27,29). The van der Waals surface area contributed by atoms with E-state index in [2.05, 4.69) is 33.4 Å². The molecule has 160 valence electrons. The molecule has 2 aromatic rings. The van der Waals surface area contributed by atoms with Crippen LogP contribution in [-0.2, 0) is 24.2 Å². The number of amides is 1. The minimum absolute atomic E-state index is 0.152. The average Bonchev–Trinajstić information content (AvgIpc) is 2.81. The predicted molar refractivity (Wildman–Crippen MR) is 118 cm³/mol. The molecule has 1 saturated heterocycles. The Morgan fingerprint density at radius 2 is 2.07 bits per heavy atom. The Morgan fingerprint density at radius 1 is 1.20 bits per heavy atom. The molecule has 0 bridgehead atoms. The first-order valence-corrected chi connectivity index (χ1v) is 11.3. The first kappa shape index (κ1) is 20.9. The maximum absolute atomic E-state index is 12.2. The largest absolute Gasteiger partial charge is 0.497 e. The Morgan fingerprint density at radius 3 is 2.83 bits per heavy atom. The number of methoxy groups -OCH3 is 1. The second-order valence-corrected chi connectivity index (χ2v) is 8.69. The van der Waals surface area contributed by atoms with E-state index in [9.17, 15) is 4.79 Å². The monoisotopic (exact) mass is 407 g/mol. The van der Waals surface area contributed by atoms with E-state index < -0.39 is 0 Å². The summed E-state index contributed by atoms with van der Waals surface area (Å²) in [6.07, 6.45) is 11.1. The van der Waals surface area contributed by atoms with Crippen molar-refractivity contribution < 1.29 is 9.53 Å². The molecule has 1 aromatic heterocycles. The summed E-state index contributed by atoms with van der Waals surface area (Å²) in [6.45, 7) is 2.89. The van der Waals surface area contributed by atoms with E-state index in [1.807, 2.05) is 12.1 Å². The molecule has 1 atom stereocenters. The molecule has 1 N–H and O–H groups in total. The van der Waals surface area contributed by atoms with Gasteiger partial charge in [0, 0.05) is 31.4 Å². The number of rotatable bonds is 7. The lowest BCUT2D eigenvalue weighted by Gasteiger charge is -2.40. The molecule has 5 nitrogen and oxygen atoms in total. The number of hydrogen-bond donors (Lipinski definition) is 1. The van der Waals surface area contributed by atoms with Gasteiger partial charge in [0.05, 0.1) is 7.11 Å². The maximum Gasteiger partial charge on any atom is 0.220 e. The Bertz CT molecular complexity index is 832. The molecule has 1 aliphatic carbocycles. The Labute approximate surface area is 179 Å². The summed E-state index contributed by atoms with van der Waals surface area (Å²) in [7, 11) is 1.74. The number of likely N-dealkylation sites (tertiary alicyclic amines) is 1. The van der Waals surface area contributed by atoms with E-state index in [4.69, 9.17) is 4.74 Å². The maximum atomic E-state index is 12.2. The Hall–Kier alpha value is -2.40. The van der Waals surface area contributed by atoms with Crippen molar-refractivity contribution in [2.75, 3.05) is 20.2 Å². The molecule has 0 saturated carbocycles. The van der Waals surface area contributed by atoms with E-state index in [1.54, 1.807) is 19.5 Å². The zero-order valence-corrected chi connectivity index (χ0v) is 18.0. The Balaban J connectivity index is 1.18. The molecule has 4 rings (SSSR count). The van der Waals surface area contributed by atoms with Crippen LogP contribution in [-0.4, -0.2) is 42.0 Å². The quantitative estimate of drug-likeness (QED) is 0.759. The minimum Gasteiger partial charge on any atom is -0.497 e. The number of fused-ring (bicyclic) bond motifs is 1. The zero-order valence-electron chi connectivity index (χ0n) is 18.0. The van der Waals surface area contributed by atoms with Crippen molar-refractivity contribution in [2.45, 2.75) is 57.5 Å². The molecule has 1 aliphatic heterocycles. The van der Waals surface area contributed by atoms with Crippen LogP contribution in [0, 0.1) is 5.92 Å². The third-order valence-corrected chi connectivity index (χ3v) is 6.77. The van der Waals surface area contributed by atoms with Gasteiger partial charge in [-0.15, -0.1) is 0 Å². The molecule has 1 amide bonds. The van der Waals surface area contributed by atoms with Crippen LogP contribution < -0.4 is 10.1 Å². The summed E-state index contributed by atoms with van der Waals surface area (Å²) in [5.41, 5.74) is 3.99. The highest BCUT2D eigenvalue weighted by Crippen LogP contribution is 2.31. The van der Waals surface area contributed by atoms with Crippen molar-refractivity contribution in [2.24, 2.45) is 5.92 Å². The lowest BCUT2D eigenvalue weighted by Crippen LogP contribution is -2.44. The van der Waals surface area contributed by atoms with Gasteiger partial charge in [-0.2, -0.15) is 0 Å². The number of aromatic nitrogens is 1.